The molecule has 1 aromatic heterocycles. The van der Waals surface area contributed by atoms with Crippen LogP contribution in [0.5, 0.6) is 0 Å². The van der Waals surface area contributed by atoms with Crippen LogP contribution in [0.15, 0.2) is 46.1 Å². The van der Waals surface area contributed by atoms with E-state index in [2.05, 4.69) is 11.6 Å². The molecule has 2 fully saturated rings. The van der Waals surface area contributed by atoms with Crippen LogP contribution in [0.2, 0.25) is 0 Å². The summed E-state index contributed by atoms with van der Waals surface area (Å²) < 4.78 is 15.5. The molecule has 2 aliphatic rings. The SMILES string of the molecule is C=C(N1CCN(C(=O)[C@H]2CC[C@H](Cn3c(=O)[nH]c4ccccc4c3=O)CC2)CC1)C(C)(C)F. The van der Waals surface area contributed by atoms with E-state index in [4.69, 9.17) is 0 Å². The van der Waals surface area contributed by atoms with Crippen molar-refractivity contribution in [3.05, 3.63) is 57.4 Å². The van der Waals surface area contributed by atoms with Gasteiger partial charge in [0, 0.05) is 44.3 Å². The molecule has 1 N–H and O–H groups in total. The topological polar surface area (TPSA) is 78.4 Å². The number of piperazine rings is 1. The number of halogens is 1. The summed E-state index contributed by atoms with van der Waals surface area (Å²) in [5, 5.41) is 0.513. The summed E-state index contributed by atoms with van der Waals surface area (Å²) in [5.41, 5.74) is -1.08. The molecule has 2 heterocycles. The Balaban J connectivity index is 1.32. The molecule has 8 heteroatoms. The van der Waals surface area contributed by atoms with E-state index in [0.717, 1.165) is 25.7 Å². The largest absolute Gasteiger partial charge is 0.369 e. The molecule has 7 nitrogen and oxygen atoms in total. The average molecular weight is 457 g/mol. The Labute approximate surface area is 192 Å². The number of benzene rings is 1. The Morgan fingerprint density at radius 1 is 1.06 bits per heavy atom. The fourth-order valence-corrected chi connectivity index (χ4v) is 5.05. The van der Waals surface area contributed by atoms with Gasteiger partial charge in [-0.3, -0.25) is 14.2 Å². The van der Waals surface area contributed by atoms with E-state index in [0.29, 0.717) is 49.3 Å². The van der Waals surface area contributed by atoms with E-state index < -0.39 is 5.67 Å². The maximum absolute atomic E-state index is 14.2. The van der Waals surface area contributed by atoms with Crippen molar-refractivity contribution >= 4 is 16.8 Å². The first-order valence-electron chi connectivity index (χ1n) is 11.8. The van der Waals surface area contributed by atoms with Crippen molar-refractivity contribution in [1.29, 1.82) is 0 Å². The number of hydrogen-bond donors (Lipinski definition) is 1. The number of hydrogen-bond acceptors (Lipinski definition) is 4. The lowest BCUT2D eigenvalue weighted by Gasteiger charge is -2.41. The number of allylic oxidation sites excluding steroid dienone is 1. The van der Waals surface area contributed by atoms with Crippen LogP contribution in [0.4, 0.5) is 4.39 Å². The third-order valence-corrected chi connectivity index (χ3v) is 7.19. The quantitative estimate of drug-likeness (QED) is 0.751. The Hall–Kier alpha value is -2.90. The normalized spacial score (nSPS) is 21.9. The number of carbonyl (C=O) groups excluding carboxylic acids is 1. The third kappa shape index (κ3) is 4.89. The van der Waals surface area contributed by atoms with Gasteiger partial charge in [-0.15, -0.1) is 0 Å². The minimum atomic E-state index is -1.46. The van der Waals surface area contributed by atoms with E-state index in [1.165, 1.54) is 18.4 Å². The molecule has 0 radical (unpaired) electrons. The van der Waals surface area contributed by atoms with Crippen molar-refractivity contribution in [2.75, 3.05) is 26.2 Å². The Morgan fingerprint density at radius 3 is 2.30 bits per heavy atom. The first-order valence-corrected chi connectivity index (χ1v) is 11.8. The van der Waals surface area contributed by atoms with Crippen LogP contribution in [0.3, 0.4) is 0 Å². The molecule has 1 saturated heterocycles. The average Bonchev–Trinajstić information content (AvgIpc) is 2.81. The number of nitrogens with zero attached hydrogens (tertiary/aromatic N) is 3. The molecule has 0 atom stereocenters. The van der Waals surface area contributed by atoms with Crippen LogP contribution < -0.4 is 11.2 Å². The van der Waals surface area contributed by atoms with Gasteiger partial charge in [-0.2, -0.15) is 0 Å². The van der Waals surface area contributed by atoms with Gasteiger partial charge in [-0.1, -0.05) is 18.7 Å². The van der Waals surface area contributed by atoms with Crippen LogP contribution >= 0.6 is 0 Å². The Kier molecular flexibility index (Phi) is 6.45. The van der Waals surface area contributed by atoms with E-state index in [1.54, 1.807) is 24.3 Å². The molecule has 4 rings (SSSR count). The van der Waals surface area contributed by atoms with Gasteiger partial charge in [-0.25, -0.2) is 9.18 Å². The van der Waals surface area contributed by atoms with E-state index in [9.17, 15) is 18.8 Å². The zero-order valence-corrected chi connectivity index (χ0v) is 19.5. The van der Waals surface area contributed by atoms with Gasteiger partial charge in [-0.05, 0) is 57.6 Å². The molecule has 178 valence electrons. The number of amides is 1. The van der Waals surface area contributed by atoms with E-state index >= 15 is 0 Å². The molecule has 1 aliphatic carbocycles. The molecule has 1 aliphatic heterocycles. The van der Waals surface area contributed by atoms with Crippen LogP contribution in [0.25, 0.3) is 10.9 Å². The van der Waals surface area contributed by atoms with Crippen LogP contribution in [0.1, 0.15) is 39.5 Å². The van der Waals surface area contributed by atoms with Gasteiger partial charge in [0.1, 0.15) is 5.67 Å². The first-order chi connectivity index (χ1) is 15.6. The molecule has 33 heavy (non-hydrogen) atoms. The van der Waals surface area contributed by atoms with Crippen LogP contribution in [0, 0.1) is 11.8 Å². The van der Waals surface area contributed by atoms with Gasteiger partial charge >= 0.3 is 5.69 Å². The highest BCUT2D eigenvalue weighted by molar-refractivity contribution is 5.79. The summed E-state index contributed by atoms with van der Waals surface area (Å²) in [5.74, 6) is 0.333. The molecule has 0 unspecified atom stereocenters. The van der Waals surface area contributed by atoms with E-state index in [-0.39, 0.29) is 29.0 Å². The smallest absolute Gasteiger partial charge is 0.328 e. The fourth-order valence-electron chi connectivity index (χ4n) is 5.05. The Bertz CT molecular complexity index is 1150. The summed E-state index contributed by atoms with van der Waals surface area (Å²) in [4.78, 5) is 44.9. The maximum atomic E-state index is 14.2. The number of fused-ring (bicyclic) bond motifs is 1. The lowest BCUT2D eigenvalue weighted by molar-refractivity contribution is -0.138. The predicted molar refractivity (Wildman–Crippen MR) is 127 cm³/mol. The number of aromatic amines is 1. The molecule has 1 aromatic carbocycles. The van der Waals surface area contributed by atoms with Crippen LogP contribution in [-0.4, -0.2) is 57.1 Å². The second-order valence-corrected chi connectivity index (χ2v) is 9.84. The predicted octanol–water partition coefficient (Wildman–Crippen LogP) is 2.90. The van der Waals surface area contributed by atoms with Crippen molar-refractivity contribution in [3.63, 3.8) is 0 Å². The standard InChI is InChI=1S/C25H33FN4O3/c1-17(25(2,3)26)28-12-14-29(15-13-28)22(31)19-10-8-18(9-11-19)16-30-23(32)20-6-4-5-7-21(20)27-24(30)33/h4-7,18-19H,1,8-16H2,2-3H3,(H,27,33)/t18-,19-. The highest BCUT2D eigenvalue weighted by atomic mass is 19.1. The summed E-state index contributed by atoms with van der Waals surface area (Å²) in [6.45, 7) is 9.62. The van der Waals surface area contributed by atoms with Gasteiger partial charge in [0.2, 0.25) is 5.91 Å². The van der Waals surface area contributed by atoms with Gasteiger partial charge in [0.15, 0.2) is 0 Å². The monoisotopic (exact) mass is 456 g/mol. The summed E-state index contributed by atoms with van der Waals surface area (Å²) >= 11 is 0. The molecule has 0 spiro atoms. The number of alkyl halides is 1. The summed E-state index contributed by atoms with van der Waals surface area (Å²) in [6, 6.07) is 7.03. The van der Waals surface area contributed by atoms with Gasteiger partial charge in [0.05, 0.1) is 10.9 Å². The highest BCUT2D eigenvalue weighted by Gasteiger charge is 2.33. The molecule has 1 saturated carbocycles. The highest BCUT2D eigenvalue weighted by Crippen LogP contribution is 2.31. The van der Waals surface area contributed by atoms with Gasteiger partial charge in [0.25, 0.3) is 5.56 Å². The zero-order valence-electron chi connectivity index (χ0n) is 19.5. The molecule has 2 aromatic rings. The number of para-hydroxylation sites is 1. The first kappa shape index (κ1) is 23.3. The van der Waals surface area contributed by atoms with Crippen molar-refractivity contribution < 1.29 is 9.18 Å². The number of aromatic nitrogens is 2. The minimum Gasteiger partial charge on any atom is -0.369 e. The minimum absolute atomic E-state index is 0.0276. The molecule has 1 amide bonds. The van der Waals surface area contributed by atoms with Crippen molar-refractivity contribution in [1.82, 2.24) is 19.4 Å². The number of H-pyrrole nitrogens is 1. The third-order valence-electron chi connectivity index (χ3n) is 7.19. The molecular weight excluding hydrogens is 423 g/mol. The zero-order chi connectivity index (χ0) is 23.8. The van der Waals surface area contributed by atoms with Crippen LogP contribution in [-0.2, 0) is 11.3 Å². The van der Waals surface area contributed by atoms with Gasteiger partial charge < -0.3 is 14.8 Å². The van der Waals surface area contributed by atoms with Crippen molar-refractivity contribution in [3.8, 4) is 0 Å². The van der Waals surface area contributed by atoms with Crippen molar-refractivity contribution in [2.24, 2.45) is 11.8 Å². The molecular formula is C25H33FN4O3. The summed E-state index contributed by atoms with van der Waals surface area (Å²) in [6.07, 6.45) is 3.13. The lowest BCUT2D eigenvalue weighted by atomic mass is 9.81. The number of carbonyl (C=O) groups is 1. The second-order valence-electron chi connectivity index (χ2n) is 9.84. The van der Waals surface area contributed by atoms with E-state index in [1.807, 2.05) is 9.80 Å². The fraction of sp³-hybridized carbons (Fsp3) is 0.560. The Morgan fingerprint density at radius 2 is 1.67 bits per heavy atom. The maximum Gasteiger partial charge on any atom is 0.328 e. The lowest BCUT2D eigenvalue weighted by Crippen LogP contribution is -2.51. The van der Waals surface area contributed by atoms with Crippen molar-refractivity contribution in [2.45, 2.75) is 51.7 Å². The number of rotatable bonds is 5. The second kappa shape index (κ2) is 9.15. The number of nitrogens with one attached hydrogen (secondary N) is 1. The summed E-state index contributed by atoms with van der Waals surface area (Å²) in [7, 11) is 0. The molecule has 0 bridgehead atoms.